The van der Waals surface area contributed by atoms with E-state index in [1.807, 2.05) is 17.7 Å². The molecule has 1 amide bonds. The Balaban J connectivity index is 2.26. The van der Waals surface area contributed by atoms with Gasteiger partial charge in [0.05, 0.1) is 11.8 Å². The molecule has 5 heteroatoms. The van der Waals surface area contributed by atoms with E-state index < -0.39 is 0 Å². The summed E-state index contributed by atoms with van der Waals surface area (Å²) in [7, 11) is 0. The van der Waals surface area contributed by atoms with Crippen molar-refractivity contribution in [3.63, 3.8) is 0 Å². The van der Waals surface area contributed by atoms with Crippen LogP contribution in [0.2, 0.25) is 0 Å². The number of rotatable bonds is 4. The Morgan fingerprint density at radius 1 is 1.20 bits per heavy atom. The van der Waals surface area contributed by atoms with Crippen molar-refractivity contribution < 1.29 is 4.79 Å². The Hall–Kier alpha value is -1.91. The van der Waals surface area contributed by atoms with E-state index in [2.05, 4.69) is 43.1 Å². The average molecular weight is 274 g/mol. The first-order valence-electron chi connectivity index (χ1n) is 7.04. The van der Waals surface area contributed by atoms with Crippen molar-refractivity contribution in [2.75, 3.05) is 0 Å². The summed E-state index contributed by atoms with van der Waals surface area (Å²) in [5, 5.41) is 8.18. The van der Waals surface area contributed by atoms with Crippen LogP contribution >= 0.6 is 0 Å². The predicted molar refractivity (Wildman–Crippen MR) is 79.7 cm³/mol. The van der Waals surface area contributed by atoms with Crippen molar-refractivity contribution >= 4 is 16.9 Å². The molecule has 2 aromatic heterocycles. The zero-order chi connectivity index (χ0) is 14.9. The zero-order valence-corrected chi connectivity index (χ0v) is 12.7. The van der Waals surface area contributed by atoms with Crippen molar-refractivity contribution in [2.45, 2.75) is 46.7 Å². The molecule has 1 unspecified atom stereocenters. The second-order valence-electron chi connectivity index (χ2n) is 5.83. The molecule has 0 aliphatic heterocycles. The summed E-state index contributed by atoms with van der Waals surface area (Å²) < 4.78 is 1.85. The van der Waals surface area contributed by atoms with Gasteiger partial charge in [-0.3, -0.25) is 4.79 Å². The summed E-state index contributed by atoms with van der Waals surface area (Å²) in [5.74, 6) is 0.317. The normalized spacial score (nSPS) is 13.2. The van der Waals surface area contributed by atoms with Gasteiger partial charge in [-0.05, 0) is 32.8 Å². The number of aromatic nitrogens is 3. The van der Waals surface area contributed by atoms with Crippen LogP contribution in [0.4, 0.5) is 0 Å². The zero-order valence-electron chi connectivity index (χ0n) is 12.7. The Morgan fingerprint density at radius 2 is 1.90 bits per heavy atom. The van der Waals surface area contributed by atoms with Crippen LogP contribution in [0.1, 0.15) is 51.0 Å². The molecule has 2 rings (SSSR count). The molecule has 0 radical (unpaired) electrons. The Morgan fingerprint density at radius 3 is 2.50 bits per heavy atom. The maximum Gasteiger partial charge on any atom is 0.253 e. The number of carbonyl (C=O) groups is 1. The molecule has 108 valence electrons. The standard InChI is InChI=1S/C15H22N4O/c1-9(2)11(5)18-15(20)13-6-12-8-17-19(10(3)4)14(12)16-7-13/h6-11H,1-5H3,(H,18,20). The summed E-state index contributed by atoms with van der Waals surface area (Å²) in [6.45, 7) is 10.3. The predicted octanol–water partition coefficient (Wildman–Crippen LogP) is 2.79. The molecule has 2 heterocycles. The fraction of sp³-hybridized carbons (Fsp3) is 0.533. The van der Waals surface area contributed by atoms with Crippen molar-refractivity contribution in [1.29, 1.82) is 0 Å². The Bertz CT molecular complexity index is 615. The van der Waals surface area contributed by atoms with Gasteiger partial charge >= 0.3 is 0 Å². The maximum atomic E-state index is 12.2. The largest absolute Gasteiger partial charge is 0.349 e. The lowest BCUT2D eigenvalue weighted by molar-refractivity contribution is 0.0930. The molecule has 0 aliphatic rings. The molecular formula is C15H22N4O. The van der Waals surface area contributed by atoms with Gasteiger partial charge in [-0.25, -0.2) is 9.67 Å². The highest BCUT2D eigenvalue weighted by molar-refractivity contribution is 5.96. The minimum absolute atomic E-state index is 0.0853. The third kappa shape index (κ3) is 2.81. The molecule has 0 saturated heterocycles. The summed E-state index contributed by atoms with van der Waals surface area (Å²) >= 11 is 0. The highest BCUT2D eigenvalue weighted by Gasteiger charge is 2.15. The van der Waals surface area contributed by atoms with E-state index >= 15 is 0 Å². The molecule has 0 aromatic carbocycles. The maximum absolute atomic E-state index is 12.2. The van der Waals surface area contributed by atoms with Crippen LogP contribution in [-0.4, -0.2) is 26.7 Å². The van der Waals surface area contributed by atoms with Crippen molar-refractivity contribution in [3.05, 3.63) is 24.0 Å². The third-order valence-corrected chi connectivity index (χ3v) is 3.54. The monoisotopic (exact) mass is 274 g/mol. The summed E-state index contributed by atoms with van der Waals surface area (Å²) in [5.41, 5.74) is 1.39. The molecule has 1 atom stereocenters. The molecule has 0 bridgehead atoms. The van der Waals surface area contributed by atoms with Crippen LogP contribution in [-0.2, 0) is 0 Å². The number of nitrogens with zero attached hydrogens (tertiary/aromatic N) is 3. The van der Waals surface area contributed by atoms with Gasteiger partial charge < -0.3 is 5.32 Å². The van der Waals surface area contributed by atoms with E-state index in [4.69, 9.17) is 0 Å². The third-order valence-electron chi connectivity index (χ3n) is 3.54. The number of hydrogen-bond donors (Lipinski definition) is 1. The number of fused-ring (bicyclic) bond motifs is 1. The van der Waals surface area contributed by atoms with Crippen LogP contribution in [0.25, 0.3) is 11.0 Å². The molecular weight excluding hydrogens is 252 g/mol. The molecule has 0 spiro atoms. The van der Waals surface area contributed by atoms with Crippen LogP contribution in [0.3, 0.4) is 0 Å². The summed E-state index contributed by atoms with van der Waals surface area (Å²) in [6.07, 6.45) is 3.37. The Kier molecular flexibility index (Phi) is 4.06. The van der Waals surface area contributed by atoms with Crippen LogP contribution in [0.5, 0.6) is 0 Å². The van der Waals surface area contributed by atoms with Gasteiger partial charge in [0.25, 0.3) is 5.91 Å². The van der Waals surface area contributed by atoms with Crippen molar-refractivity contribution in [1.82, 2.24) is 20.1 Å². The van der Waals surface area contributed by atoms with Crippen molar-refractivity contribution in [3.8, 4) is 0 Å². The van der Waals surface area contributed by atoms with Gasteiger partial charge in [0.15, 0.2) is 5.65 Å². The summed E-state index contributed by atoms with van der Waals surface area (Å²) in [6, 6.07) is 2.23. The van der Waals surface area contributed by atoms with Gasteiger partial charge in [0, 0.05) is 23.7 Å². The van der Waals surface area contributed by atoms with Gasteiger partial charge in [0.1, 0.15) is 0 Å². The van der Waals surface area contributed by atoms with E-state index in [-0.39, 0.29) is 18.0 Å². The Labute approximate surface area is 119 Å². The quantitative estimate of drug-likeness (QED) is 0.932. The highest BCUT2D eigenvalue weighted by Crippen LogP contribution is 2.16. The highest BCUT2D eigenvalue weighted by atomic mass is 16.1. The van der Waals surface area contributed by atoms with Crippen molar-refractivity contribution in [2.24, 2.45) is 5.92 Å². The second-order valence-corrected chi connectivity index (χ2v) is 5.83. The van der Waals surface area contributed by atoms with Gasteiger partial charge in [0.2, 0.25) is 0 Å². The molecule has 0 saturated carbocycles. The molecule has 2 aromatic rings. The lowest BCUT2D eigenvalue weighted by Crippen LogP contribution is -2.36. The molecule has 5 nitrogen and oxygen atoms in total. The van der Waals surface area contributed by atoms with Gasteiger partial charge in [-0.1, -0.05) is 13.8 Å². The smallest absolute Gasteiger partial charge is 0.253 e. The van der Waals surface area contributed by atoms with E-state index in [9.17, 15) is 4.79 Å². The number of pyridine rings is 1. The van der Waals surface area contributed by atoms with E-state index in [0.29, 0.717) is 11.5 Å². The lowest BCUT2D eigenvalue weighted by Gasteiger charge is -2.17. The van der Waals surface area contributed by atoms with Crippen LogP contribution in [0, 0.1) is 5.92 Å². The van der Waals surface area contributed by atoms with Gasteiger partial charge in [-0.15, -0.1) is 0 Å². The first-order chi connectivity index (χ1) is 9.40. The first kappa shape index (κ1) is 14.5. The first-order valence-corrected chi connectivity index (χ1v) is 7.04. The summed E-state index contributed by atoms with van der Waals surface area (Å²) in [4.78, 5) is 16.5. The van der Waals surface area contributed by atoms with E-state index in [0.717, 1.165) is 11.0 Å². The SMILES string of the molecule is CC(C)C(C)NC(=O)c1cnc2c(cnn2C(C)C)c1. The topological polar surface area (TPSA) is 59.8 Å². The fourth-order valence-corrected chi connectivity index (χ4v) is 1.90. The molecule has 1 N–H and O–H groups in total. The second kappa shape index (κ2) is 5.61. The molecule has 20 heavy (non-hydrogen) atoms. The van der Waals surface area contributed by atoms with Gasteiger partial charge in [-0.2, -0.15) is 5.10 Å². The average Bonchev–Trinajstić information content (AvgIpc) is 2.81. The fourth-order valence-electron chi connectivity index (χ4n) is 1.90. The van der Waals surface area contributed by atoms with Crippen LogP contribution < -0.4 is 5.32 Å². The minimum Gasteiger partial charge on any atom is -0.349 e. The number of hydrogen-bond acceptors (Lipinski definition) is 3. The van der Waals surface area contributed by atoms with Crippen LogP contribution in [0.15, 0.2) is 18.5 Å². The minimum atomic E-state index is -0.0853. The molecule has 0 aliphatic carbocycles. The molecule has 0 fully saturated rings. The number of amides is 1. The lowest BCUT2D eigenvalue weighted by atomic mass is 10.1. The number of nitrogens with one attached hydrogen (secondary N) is 1. The van der Waals surface area contributed by atoms with E-state index in [1.54, 1.807) is 12.4 Å². The van der Waals surface area contributed by atoms with E-state index in [1.165, 1.54) is 0 Å². The number of carbonyl (C=O) groups excluding carboxylic acids is 1.